The van der Waals surface area contributed by atoms with Crippen molar-refractivity contribution in [3.8, 4) is 16.2 Å². The maximum atomic E-state index is 6.49. The Hall–Kier alpha value is -0.450. The average molecular weight is 606 g/mol. The molecule has 4 rings (SSSR count). The summed E-state index contributed by atoms with van der Waals surface area (Å²) in [5.41, 5.74) is 2.45. The highest BCUT2D eigenvalue weighted by Crippen LogP contribution is 2.48. The van der Waals surface area contributed by atoms with Gasteiger partial charge in [0.05, 0.1) is 9.75 Å². The van der Waals surface area contributed by atoms with Crippen LogP contribution in [0.3, 0.4) is 0 Å². The fourth-order valence-electron chi connectivity index (χ4n) is 3.09. The quantitative estimate of drug-likeness (QED) is 0.264. The van der Waals surface area contributed by atoms with Crippen LogP contribution in [0.5, 0.6) is 5.75 Å². The molecule has 0 spiro atoms. The average Bonchev–Trinajstić information content (AvgIpc) is 3.08. The monoisotopic (exact) mass is 606 g/mol. The normalized spacial score (nSPS) is 15.2. The summed E-state index contributed by atoms with van der Waals surface area (Å²) in [5, 5.41) is 0. The first-order valence-electron chi connectivity index (χ1n) is 8.54. The Bertz CT molecular complexity index is 1020. The van der Waals surface area contributed by atoms with Crippen LogP contribution in [0.1, 0.15) is 30.4 Å². The Balaban J connectivity index is 1.95. The van der Waals surface area contributed by atoms with E-state index in [1.807, 2.05) is 22.7 Å². The molecule has 0 saturated heterocycles. The highest BCUT2D eigenvalue weighted by atomic mass is 127. The number of hydrogen-bond donors (Lipinski definition) is 0. The first-order valence-corrected chi connectivity index (χ1v) is 12.3. The zero-order valence-corrected chi connectivity index (χ0v) is 20.4. The van der Waals surface area contributed by atoms with Gasteiger partial charge in [-0.1, -0.05) is 34.8 Å². The van der Waals surface area contributed by atoms with E-state index < -0.39 is 0 Å². The van der Waals surface area contributed by atoms with Crippen molar-refractivity contribution in [3.63, 3.8) is 0 Å². The van der Waals surface area contributed by atoms with E-state index in [1.165, 1.54) is 32.0 Å². The molecule has 0 saturated carbocycles. The van der Waals surface area contributed by atoms with Crippen molar-refractivity contribution in [1.82, 2.24) is 4.58 Å². The van der Waals surface area contributed by atoms with E-state index in [0.29, 0.717) is 0 Å². The van der Waals surface area contributed by atoms with E-state index in [0.717, 1.165) is 18.8 Å². The van der Waals surface area contributed by atoms with E-state index in [4.69, 9.17) is 4.74 Å². The summed E-state index contributed by atoms with van der Waals surface area (Å²) in [6, 6.07) is 15.2. The highest BCUT2D eigenvalue weighted by Gasteiger charge is 2.31. The molecule has 1 aliphatic heterocycles. The summed E-state index contributed by atoms with van der Waals surface area (Å²) in [5.74, 6) is 0.988. The number of benzene rings is 2. The summed E-state index contributed by atoms with van der Waals surface area (Å²) >= 11 is 8.52. The molecule has 1 atom stereocenters. The molecule has 6 heteroatoms. The van der Waals surface area contributed by atoms with Gasteiger partial charge in [0.2, 0.25) is 0 Å². The summed E-state index contributed by atoms with van der Waals surface area (Å²) in [4.78, 5) is 2.69. The van der Waals surface area contributed by atoms with Crippen molar-refractivity contribution in [2.24, 2.45) is 0 Å². The van der Waals surface area contributed by atoms with Crippen molar-refractivity contribution >= 4 is 67.9 Å². The molecule has 3 aromatic rings. The Labute approximate surface area is 188 Å². The Morgan fingerprint density at radius 2 is 1.65 bits per heavy atom. The standard InChI is InChI=1S/C20H18I2NOS2/c1-3-23(4-2)20-25-18-15-11-14(22)9-10-16(15)24-17(19(18)26-20)12-5-7-13(21)8-6-12/h5-11,17H,3-4H2,1-2H3/q+1. The lowest BCUT2D eigenvalue weighted by Crippen LogP contribution is -2.25. The fraction of sp³-hybridized carbons (Fsp3) is 0.250. The summed E-state index contributed by atoms with van der Waals surface area (Å²) in [6.07, 6.45) is -0.0277. The van der Waals surface area contributed by atoms with Crippen LogP contribution in [0, 0.1) is 7.14 Å². The number of rotatable bonds is 3. The molecular formula is C20H18I2NOS2+. The van der Waals surface area contributed by atoms with Gasteiger partial charge in [-0.2, -0.15) is 0 Å². The second-order valence-corrected chi connectivity index (χ2v) is 10.8. The van der Waals surface area contributed by atoms with Crippen molar-refractivity contribution in [2.45, 2.75) is 20.0 Å². The molecule has 0 N–H and O–H groups in total. The largest absolute Gasteiger partial charge is 0.479 e. The van der Waals surface area contributed by atoms with E-state index in [-0.39, 0.29) is 6.10 Å². The number of halogens is 2. The van der Waals surface area contributed by atoms with Crippen molar-refractivity contribution in [1.29, 1.82) is 0 Å². The minimum Gasteiger partial charge on any atom is -0.479 e. The molecule has 2 nitrogen and oxygen atoms in total. The van der Waals surface area contributed by atoms with Crippen LogP contribution in [-0.4, -0.2) is 13.1 Å². The zero-order valence-electron chi connectivity index (χ0n) is 14.5. The fourth-order valence-corrected chi connectivity index (χ4v) is 6.99. The molecule has 2 aromatic carbocycles. The molecule has 0 radical (unpaired) electrons. The van der Waals surface area contributed by atoms with Crippen LogP contribution in [0.15, 0.2) is 42.5 Å². The number of ether oxygens (including phenoxy) is 1. The molecular weight excluding hydrogens is 588 g/mol. The molecule has 2 heterocycles. The maximum Gasteiger partial charge on any atom is 0.314 e. The zero-order chi connectivity index (χ0) is 18.3. The summed E-state index contributed by atoms with van der Waals surface area (Å²) in [6.45, 7) is 6.50. The number of hydrogen-bond acceptors (Lipinski definition) is 3. The van der Waals surface area contributed by atoms with Gasteiger partial charge in [-0.15, -0.1) is 0 Å². The SMILES string of the molecule is CC[N+](CC)=c1sc2c(s1)C(c1ccc(I)cc1)Oc1ccc(I)cc1-2. The molecule has 1 unspecified atom stereocenters. The minimum atomic E-state index is -0.0277. The third kappa shape index (κ3) is 3.49. The lowest BCUT2D eigenvalue weighted by molar-refractivity contribution is 0.248. The van der Waals surface area contributed by atoms with Gasteiger partial charge in [0, 0.05) is 12.7 Å². The van der Waals surface area contributed by atoms with Gasteiger partial charge in [0.15, 0.2) is 6.10 Å². The highest BCUT2D eigenvalue weighted by molar-refractivity contribution is 14.1. The van der Waals surface area contributed by atoms with E-state index in [2.05, 4.69) is 106 Å². The van der Waals surface area contributed by atoms with Crippen molar-refractivity contribution in [3.05, 3.63) is 64.0 Å². The third-order valence-electron chi connectivity index (χ3n) is 4.47. The smallest absolute Gasteiger partial charge is 0.314 e. The predicted molar refractivity (Wildman–Crippen MR) is 128 cm³/mol. The van der Waals surface area contributed by atoms with Crippen molar-refractivity contribution in [2.75, 3.05) is 13.1 Å². The second-order valence-electron chi connectivity index (χ2n) is 6.03. The van der Waals surface area contributed by atoms with Gasteiger partial charge in [-0.3, -0.25) is 0 Å². The number of fused-ring (bicyclic) bond motifs is 3. The van der Waals surface area contributed by atoms with E-state index in [1.54, 1.807) is 0 Å². The van der Waals surface area contributed by atoms with E-state index >= 15 is 0 Å². The van der Waals surface area contributed by atoms with Crippen LogP contribution >= 0.6 is 67.9 Å². The summed E-state index contributed by atoms with van der Waals surface area (Å²) in [7, 11) is 0. The lowest BCUT2D eigenvalue weighted by atomic mass is 10.0. The molecule has 1 aliphatic rings. The van der Waals surface area contributed by atoms with Gasteiger partial charge in [-0.05, 0) is 94.9 Å². The van der Waals surface area contributed by atoms with Crippen LogP contribution < -0.4 is 13.3 Å². The maximum absolute atomic E-state index is 6.49. The van der Waals surface area contributed by atoms with Gasteiger partial charge >= 0.3 is 3.98 Å². The Morgan fingerprint density at radius 3 is 2.35 bits per heavy atom. The van der Waals surface area contributed by atoms with Gasteiger partial charge < -0.3 is 4.74 Å². The van der Waals surface area contributed by atoms with Crippen LogP contribution in [0.2, 0.25) is 0 Å². The molecule has 0 fully saturated rings. The first kappa shape index (κ1) is 18.9. The van der Waals surface area contributed by atoms with Crippen LogP contribution in [-0.2, 0) is 0 Å². The lowest BCUT2D eigenvalue weighted by Gasteiger charge is -2.26. The second kappa shape index (κ2) is 7.89. The van der Waals surface area contributed by atoms with Crippen LogP contribution in [0.4, 0.5) is 0 Å². The minimum absolute atomic E-state index is 0.0277. The van der Waals surface area contributed by atoms with Gasteiger partial charge in [-0.25, -0.2) is 4.58 Å². The third-order valence-corrected chi connectivity index (χ3v) is 8.64. The molecule has 0 amide bonds. The molecule has 0 bridgehead atoms. The van der Waals surface area contributed by atoms with Gasteiger partial charge in [0.25, 0.3) is 0 Å². The first-order chi connectivity index (χ1) is 12.6. The number of nitrogens with zero attached hydrogens (tertiary/aromatic N) is 1. The molecule has 26 heavy (non-hydrogen) atoms. The Kier molecular flexibility index (Phi) is 5.73. The molecule has 134 valence electrons. The summed E-state index contributed by atoms with van der Waals surface area (Å²) < 4.78 is 12.8. The van der Waals surface area contributed by atoms with Crippen molar-refractivity contribution < 1.29 is 4.74 Å². The van der Waals surface area contributed by atoms with E-state index in [9.17, 15) is 0 Å². The molecule has 1 aromatic heterocycles. The Morgan fingerprint density at radius 1 is 0.962 bits per heavy atom. The van der Waals surface area contributed by atoms with Gasteiger partial charge in [0.1, 0.15) is 18.8 Å². The molecule has 0 aliphatic carbocycles. The van der Waals surface area contributed by atoms with Crippen LogP contribution in [0.25, 0.3) is 10.4 Å². The topological polar surface area (TPSA) is 12.2 Å². The predicted octanol–water partition coefficient (Wildman–Crippen LogP) is 5.98.